The fraction of sp³-hybridized carbons (Fsp3) is 0.650. The second-order valence-corrected chi connectivity index (χ2v) is 7.79. The van der Waals surface area contributed by atoms with Crippen molar-refractivity contribution < 1.29 is 9.53 Å². The molecule has 0 aliphatic carbocycles. The van der Waals surface area contributed by atoms with Gasteiger partial charge < -0.3 is 15.4 Å². The predicted octanol–water partition coefficient (Wildman–Crippen LogP) is 3.38. The predicted molar refractivity (Wildman–Crippen MR) is 115 cm³/mol. The van der Waals surface area contributed by atoms with Gasteiger partial charge in [-0.05, 0) is 57.2 Å². The van der Waals surface area contributed by atoms with Crippen LogP contribution < -0.4 is 5.73 Å². The number of hydrogen-bond donors (Lipinski definition) is 1. The summed E-state index contributed by atoms with van der Waals surface area (Å²) in [5, 5.41) is 0. The van der Waals surface area contributed by atoms with E-state index >= 15 is 0 Å². The highest BCUT2D eigenvalue weighted by Gasteiger charge is 2.28. The number of benzene rings is 1. The number of nitrogen functional groups attached to an aromatic ring is 1. The molecule has 1 aromatic rings. The number of aryl methyl sites for hydroxylation is 1. The van der Waals surface area contributed by atoms with Crippen LogP contribution in [0.1, 0.15) is 42.6 Å². The average Bonchev–Trinajstić information content (AvgIpc) is 2.56. The summed E-state index contributed by atoms with van der Waals surface area (Å²) in [7, 11) is 0. The molecule has 1 amide bonds. The first-order valence-corrected chi connectivity index (χ1v) is 9.45. The maximum Gasteiger partial charge on any atom is 0.254 e. The van der Waals surface area contributed by atoms with Crippen molar-refractivity contribution in [1.82, 2.24) is 9.80 Å². The Labute approximate surface area is 175 Å². The van der Waals surface area contributed by atoms with Crippen molar-refractivity contribution in [3.05, 3.63) is 29.3 Å². The number of likely N-dealkylation sites (tertiary alicyclic amines) is 1. The molecule has 2 saturated heterocycles. The smallest absolute Gasteiger partial charge is 0.254 e. The number of carbonyl (C=O) groups excluding carboxylic acids is 1. The van der Waals surface area contributed by atoms with Crippen LogP contribution in [0.5, 0.6) is 0 Å². The number of hydrogen-bond acceptors (Lipinski definition) is 4. The van der Waals surface area contributed by atoms with Crippen molar-refractivity contribution >= 4 is 36.4 Å². The van der Waals surface area contributed by atoms with Gasteiger partial charge in [0.25, 0.3) is 5.91 Å². The van der Waals surface area contributed by atoms with Crippen LogP contribution in [-0.4, -0.2) is 60.6 Å². The van der Waals surface area contributed by atoms with Gasteiger partial charge in [-0.2, -0.15) is 0 Å². The molecule has 2 fully saturated rings. The molecule has 0 saturated carbocycles. The number of rotatable bonds is 3. The van der Waals surface area contributed by atoms with Crippen molar-refractivity contribution in [1.29, 1.82) is 0 Å². The van der Waals surface area contributed by atoms with Crippen molar-refractivity contribution in [2.24, 2.45) is 5.92 Å². The Bertz CT molecular complexity index is 611. The summed E-state index contributed by atoms with van der Waals surface area (Å²) in [5.41, 5.74) is 8.25. The van der Waals surface area contributed by atoms with Crippen LogP contribution in [0.2, 0.25) is 0 Å². The van der Waals surface area contributed by atoms with Gasteiger partial charge in [-0.1, -0.05) is 6.07 Å². The Morgan fingerprint density at radius 1 is 1.15 bits per heavy atom. The first kappa shape index (κ1) is 24.0. The molecule has 1 aromatic carbocycles. The maximum atomic E-state index is 12.8. The molecular formula is C20H33Cl2N3O2. The number of carbonyl (C=O) groups is 1. The minimum Gasteiger partial charge on any atom is -0.399 e. The third-order valence-electron chi connectivity index (χ3n) is 5.41. The molecule has 2 heterocycles. The molecule has 2 N–H and O–H groups in total. The molecule has 3 rings (SSSR count). The zero-order chi connectivity index (χ0) is 18.0. The molecule has 154 valence electrons. The van der Waals surface area contributed by atoms with Crippen LogP contribution in [0.4, 0.5) is 5.69 Å². The summed E-state index contributed by atoms with van der Waals surface area (Å²) < 4.78 is 5.82. The third-order valence-corrected chi connectivity index (χ3v) is 5.41. The topological polar surface area (TPSA) is 58.8 Å². The van der Waals surface area contributed by atoms with Gasteiger partial charge in [0.15, 0.2) is 0 Å². The molecule has 2 unspecified atom stereocenters. The first-order valence-electron chi connectivity index (χ1n) is 9.45. The third kappa shape index (κ3) is 6.24. The van der Waals surface area contributed by atoms with Crippen LogP contribution in [0, 0.1) is 12.8 Å². The van der Waals surface area contributed by atoms with Crippen LogP contribution in [-0.2, 0) is 4.74 Å². The molecule has 0 radical (unpaired) electrons. The summed E-state index contributed by atoms with van der Waals surface area (Å²) in [5.74, 6) is 0.792. The number of ether oxygens (including phenoxy) is 1. The highest BCUT2D eigenvalue weighted by Crippen LogP contribution is 2.23. The largest absolute Gasteiger partial charge is 0.399 e. The summed E-state index contributed by atoms with van der Waals surface area (Å²) in [4.78, 5) is 17.3. The van der Waals surface area contributed by atoms with E-state index in [9.17, 15) is 4.79 Å². The number of nitrogens with two attached hydrogens (primary N) is 1. The average molecular weight is 418 g/mol. The van der Waals surface area contributed by atoms with Crippen molar-refractivity contribution in [2.45, 2.75) is 45.8 Å². The second-order valence-electron chi connectivity index (χ2n) is 7.79. The van der Waals surface area contributed by atoms with Crippen molar-refractivity contribution in [2.75, 3.05) is 38.5 Å². The van der Waals surface area contributed by atoms with Crippen LogP contribution in [0.15, 0.2) is 18.2 Å². The number of amides is 1. The second kappa shape index (κ2) is 10.5. The van der Waals surface area contributed by atoms with E-state index in [1.165, 1.54) is 0 Å². The van der Waals surface area contributed by atoms with Gasteiger partial charge in [0.05, 0.1) is 12.2 Å². The molecular weight excluding hydrogens is 385 g/mol. The summed E-state index contributed by atoms with van der Waals surface area (Å²) >= 11 is 0. The zero-order valence-corrected chi connectivity index (χ0v) is 18.2. The van der Waals surface area contributed by atoms with E-state index in [-0.39, 0.29) is 30.7 Å². The molecule has 27 heavy (non-hydrogen) atoms. The number of nitrogens with zero attached hydrogens (tertiary/aromatic N) is 2. The Morgan fingerprint density at radius 3 is 2.33 bits per heavy atom. The number of morpholine rings is 1. The van der Waals surface area contributed by atoms with E-state index in [1.54, 1.807) is 6.07 Å². The lowest BCUT2D eigenvalue weighted by Gasteiger charge is -2.39. The van der Waals surface area contributed by atoms with E-state index in [0.29, 0.717) is 23.8 Å². The monoisotopic (exact) mass is 417 g/mol. The minimum absolute atomic E-state index is 0. The molecule has 2 aliphatic rings. The normalized spacial score (nSPS) is 24.0. The lowest BCUT2D eigenvalue weighted by molar-refractivity contribution is -0.0728. The molecule has 5 nitrogen and oxygen atoms in total. The van der Waals surface area contributed by atoms with Crippen molar-refractivity contribution in [3.63, 3.8) is 0 Å². The lowest BCUT2D eigenvalue weighted by atomic mass is 9.94. The van der Waals surface area contributed by atoms with E-state index in [0.717, 1.165) is 56.7 Å². The fourth-order valence-electron chi connectivity index (χ4n) is 4.16. The fourth-order valence-corrected chi connectivity index (χ4v) is 4.16. The highest BCUT2D eigenvalue weighted by molar-refractivity contribution is 5.96. The Hall–Kier alpha value is -1.01. The SMILES string of the molecule is Cc1ccc(N)cc1C(=O)N1CCC(CN2CC(C)OC(C)C2)CC1.Cl.Cl. The lowest BCUT2D eigenvalue weighted by Crippen LogP contribution is -2.48. The number of piperidine rings is 1. The van der Waals surface area contributed by atoms with E-state index in [2.05, 4.69) is 18.7 Å². The maximum absolute atomic E-state index is 12.8. The Morgan fingerprint density at radius 2 is 1.74 bits per heavy atom. The van der Waals surface area contributed by atoms with Gasteiger partial charge in [-0.15, -0.1) is 24.8 Å². The summed E-state index contributed by atoms with van der Waals surface area (Å²) in [6.07, 6.45) is 2.79. The molecule has 7 heteroatoms. The summed E-state index contributed by atoms with van der Waals surface area (Å²) in [6.45, 7) is 11.1. The molecule has 2 atom stereocenters. The zero-order valence-electron chi connectivity index (χ0n) is 16.5. The van der Waals surface area contributed by atoms with Crippen molar-refractivity contribution in [3.8, 4) is 0 Å². The highest BCUT2D eigenvalue weighted by atomic mass is 35.5. The van der Waals surface area contributed by atoms with E-state index in [1.807, 2.05) is 24.0 Å². The molecule has 0 spiro atoms. The molecule has 0 bridgehead atoms. The van der Waals surface area contributed by atoms with Gasteiger partial charge in [-0.3, -0.25) is 9.69 Å². The molecule has 2 aliphatic heterocycles. The van der Waals surface area contributed by atoms with Gasteiger partial charge in [0.2, 0.25) is 0 Å². The van der Waals surface area contributed by atoms with E-state index < -0.39 is 0 Å². The number of anilines is 1. The van der Waals surface area contributed by atoms with E-state index in [4.69, 9.17) is 10.5 Å². The van der Waals surface area contributed by atoms with Gasteiger partial charge in [-0.25, -0.2) is 0 Å². The van der Waals surface area contributed by atoms with Gasteiger partial charge >= 0.3 is 0 Å². The van der Waals surface area contributed by atoms with Crippen LogP contribution >= 0.6 is 24.8 Å². The minimum atomic E-state index is 0. The number of halogens is 2. The summed E-state index contributed by atoms with van der Waals surface area (Å²) in [6, 6.07) is 5.58. The standard InChI is InChI=1S/C20H31N3O2.2ClH/c1-14-4-5-18(21)10-19(14)20(24)23-8-6-17(7-9-23)13-22-11-15(2)25-16(3)12-22;;/h4-5,10,15-17H,6-9,11-13,21H2,1-3H3;2*1H. The molecule has 0 aromatic heterocycles. The van der Waals surface area contributed by atoms with Crippen LogP contribution in [0.25, 0.3) is 0 Å². The Balaban J connectivity index is 0.00000182. The van der Waals surface area contributed by atoms with Crippen LogP contribution in [0.3, 0.4) is 0 Å². The first-order chi connectivity index (χ1) is 11.9. The van der Waals surface area contributed by atoms with Gasteiger partial charge in [0, 0.05) is 44.0 Å². The Kier molecular flexibility index (Phi) is 9.35. The quantitative estimate of drug-likeness (QED) is 0.765. The van der Waals surface area contributed by atoms with Gasteiger partial charge in [0.1, 0.15) is 0 Å².